The van der Waals surface area contributed by atoms with Crippen LogP contribution in [0.2, 0.25) is 0 Å². The molecule has 2 aliphatic heterocycles. The number of hydrogen-bond acceptors (Lipinski definition) is 8. The quantitative estimate of drug-likeness (QED) is 0.198. The Kier molecular flexibility index (Phi) is 14.7. The number of carbonyl (C=O) groups excluding carboxylic acids is 3. The van der Waals surface area contributed by atoms with Gasteiger partial charge in [0.05, 0.1) is 23.6 Å². The fourth-order valence-electron chi connectivity index (χ4n) is 6.35. The molecule has 0 radical (unpaired) electrons. The number of benzene rings is 2. The van der Waals surface area contributed by atoms with Crippen LogP contribution in [-0.4, -0.2) is 96.9 Å². The average Bonchev–Trinajstić information content (AvgIpc) is 3.67. The summed E-state index contributed by atoms with van der Waals surface area (Å²) in [5.74, 6) is -0.184. The number of aromatic nitrogens is 1. The first-order valence-electron chi connectivity index (χ1n) is 17.6. The number of rotatable bonds is 16. The summed E-state index contributed by atoms with van der Waals surface area (Å²) in [4.78, 5) is 49.3. The van der Waals surface area contributed by atoms with Gasteiger partial charge in [0.2, 0.25) is 5.91 Å². The highest BCUT2D eigenvalue weighted by atomic mass is 32.1. The summed E-state index contributed by atoms with van der Waals surface area (Å²) in [7, 11) is 0. The molecule has 0 bridgehead atoms. The van der Waals surface area contributed by atoms with Crippen molar-refractivity contribution in [1.82, 2.24) is 30.7 Å². The first-order chi connectivity index (χ1) is 24.0. The van der Waals surface area contributed by atoms with Crippen LogP contribution in [0.25, 0.3) is 0 Å². The number of hydrogen-bond donors (Lipinski definition) is 3. The van der Waals surface area contributed by atoms with Gasteiger partial charge >= 0.3 is 12.1 Å². The maximum Gasteiger partial charge on any atom is 0.407 e. The van der Waals surface area contributed by atoms with E-state index in [1.54, 1.807) is 11.7 Å². The van der Waals surface area contributed by atoms with Gasteiger partial charge in [0.15, 0.2) is 0 Å². The van der Waals surface area contributed by atoms with Crippen molar-refractivity contribution in [3.63, 3.8) is 0 Å². The Morgan fingerprint density at radius 2 is 1.43 bits per heavy atom. The number of ether oxygens (including phenoxy) is 2. The Morgan fingerprint density at radius 1 is 0.796 bits per heavy atom. The normalized spacial score (nSPS) is 17.0. The van der Waals surface area contributed by atoms with Gasteiger partial charge in [-0.2, -0.15) is 0 Å². The van der Waals surface area contributed by atoms with Crippen LogP contribution in [0.4, 0.5) is 9.59 Å². The maximum atomic E-state index is 14.1. The maximum absolute atomic E-state index is 14.1. The van der Waals surface area contributed by atoms with Crippen molar-refractivity contribution < 1.29 is 23.9 Å². The molecule has 0 spiro atoms. The molecule has 2 aromatic carbocycles. The number of morpholine rings is 1. The van der Waals surface area contributed by atoms with Crippen molar-refractivity contribution in [3.8, 4) is 0 Å². The summed E-state index contributed by atoms with van der Waals surface area (Å²) in [6.07, 6.45) is 7.27. The first kappa shape index (κ1) is 36.3. The highest BCUT2D eigenvalue weighted by Crippen LogP contribution is 2.15. The van der Waals surface area contributed by atoms with Gasteiger partial charge in [-0.15, -0.1) is 11.3 Å². The van der Waals surface area contributed by atoms with Crippen molar-refractivity contribution in [1.29, 1.82) is 0 Å². The summed E-state index contributed by atoms with van der Waals surface area (Å²) < 4.78 is 11.0. The van der Waals surface area contributed by atoms with E-state index in [1.165, 1.54) is 11.3 Å². The van der Waals surface area contributed by atoms with E-state index in [2.05, 4.69) is 38.0 Å². The van der Waals surface area contributed by atoms with Gasteiger partial charge < -0.3 is 30.3 Å². The zero-order chi connectivity index (χ0) is 34.1. The molecular weight excluding hydrogens is 641 g/mol. The number of amides is 4. The second-order valence-corrected chi connectivity index (χ2v) is 13.8. The number of alkyl carbamates (subject to hydrolysis) is 1. The third-order valence-corrected chi connectivity index (χ3v) is 9.86. The Hall–Kier alpha value is -4.00. The molecule has 264 valence electrons. The molecule has 5 rings (SSSR count). The van der Waals surface area contributed by atoms with Gasteiger partial charge in [0.25, 0.3) is 0 Å². The van der Waals surface area contributed by atoms with Crippen LogP contribution in [0.3, 0.4) is 0 Å². The largest absolute Gasteiger partial charge is 0.444 e. The summed E-state index contributed by atoms with van der Waals surface area (Å²) in [5, 5.41) is 9.47. The van der Waals surface area contributed by atoms with Gasteiger partial charge in [0, 0.05) is 51.0 Å². The molecule has 3 N–H and O–H groups in total. The van der Waals surface area contributed by atoms with Crippen LogP contribution >= 0.6 is 11.3 Å². The van der Waals surface area contributed by atoms with Crippen LogP contribution in [0.5, 0.6) is 0 Å². The van der Waals surface area contributed by atoms with E-state index in [9.17, 15) is 14.4 Å². The average molecular weight is 691 g/mol. The van der Waals surface area contributed by atoms with E-state index in [0.29, 0.717) is 65.0 Å². The molecule has 11 nitrogen and oxygen atoms in total. The van der Waals surface area contributed by atoms with Crippen molar-refractivity contribution >= 4 is 29.4 Å². The number of carbonyl (C=O) groups is 3. The Bertz CT molecular complexity index is 1400. The predicted molar refractivity (Wildman–Crippen MR) is 190 cm³/mol. The monoisotopic (exact) mass is 690 g/mol. The number of nitrogens with zero attached hydrogens (tertiary/aromatic N) is 3. The number of likely N-dealkylation sites (tertiary alicyclic amines) is 1. The van der Waals surface area contributed by atoms with Crippen molar-refractivity contribution in [2.45, 2.75) is 76.1 Å². The van der Waals surface area contributed by atoms with Crippen LogP contribution in [0.15, 0.2) is 72.4 Å². The Balaban J connectivity index is 1.27. The van der Waals surface area contributed by atoms with Crippen LogP contribution in [0.1, 0.15) is 54.5 Å². The van der Waals surface area contributed by atoms with E-state index in [-0.39, 0.29) is 30.6 Å². The molecule has 0 unspecified atom stereocenters. The summed E-state index contributed by atoms with van der Waals surface area (Å²) in [6, 6.07) is 18.8. The van der Waals surface area contributed by atoms with E-state index in [1.807, 2.05) is 53.4 Å². The van der Waals surface area contributed by atoms with Crippen LogP contribution in [0, 0.1) is 0 Å². The number of urea groups is 1. The molecule has 4 amide bonds. The minimum absolute atomic E-state index is 0.163. The van der Waals surface area contributed by atoms with Crippen molar-refractivity contribution in [2.24, 2.45) is 0 Å². The second-order valence-electron chi connectivity index (χ2n) is 12.8. The molecule has 2 fully saturated rings. The van der Waals surface area contributed by atoms with E-state index < -0.39 is 12.1 Å². The van der Waals surface area contributed by atoms with Gasteiger partial charge in [-0.3, -0.25) is 14.7 Å². The molecule has 49 heavy (non-hydrogen) atoms. The summed E-state index contributed by atoms with van der Waals surface area (Å²) in [6.45, 7) is 5.25. The number of thiazole rings is 1. The lowest BCUT2D eigenvalue weighted by molar-refractivity contribution is -0.124. The smallest absolute Gasteiger partial charge is 0.407 e. The molecule has 1 aromatic heterocycles. The van der Waals surface area contributed by atoms with Crippen molar-refractivity contribution in [3.05, 3.63) is 88.4 Å². The fraction of sp³-hybridized carbons (Fsp3) is 0.514. The highest BCUT2D eigenvalue weighted by molar-refractivity contribution is 7.09. The van der Waals surface area contributed by atoms with Crippen LogP contribution in [-0.2, 0) is 33.7 Å². The standard InChI is InChI=1S/C37H50N6O5S/c44-35(34(16-19-42-20-22-47-23-21-42)41-36(45)43-17-8-3-9-18-43)39-31(24-29-10-4-1-5-11-29)14-15-32(25-30-12-6-2-7-13-30)40-37(46)48-27-33-26-38-28-49-33/h1-2,4-7,10-13,26,28,31-32,34H,3,8-9,14-25,27H2,(H,39,44)(H,40,46)(H,41,45)/t31-,32-,34+/m1/s1. The minimum Gasteiger partial charge on any atom is -0.444 e. The Morgan fingerprint density at radius 3 is 2.04 bits per heavy atom. The zero-order valence-corrected chi connectivity index (χ0v) is 29.1. The first-order valence-corrected chi connectivity index (χ1v) is 18.4. The van der Waals surface area contributed by atoms with E-state index in [0.717, 1.165) is 48.4 Å². The van der Waals surface area contributed by atoms with Gasteiger partial charge in [-0.1, -0.05) is 60.7 Å². The number of piperidine rings is 1. The van der Waals surface area contributed by atoms with Gasteiger partial charge in [-0.25, -0.2) is 9.59 Å². The molecule has 0 aliphatic carbocycles. The summed E-state index contributed by atoms with van der Waals surface area (Å²) in [5.41, 5.74) is 3.91. The minimum atomic E-state index is -0.671. The molecule has 3 atom stereocenters. The zero-order valence-electron chi connectivity index (χ0n) is 28.3. The molecule has 3 heterocycles. The van der Waals surface area contributed by atoms with Gasteiger partial charge in [-0.05, 0) is 62.5 Å². The molecule has 3 aromatic rings. The molecular formula is C37H50N6O5S. The van der Waals surface area contributed by atoms with Crippen molar-refractivity contribution in [2.75, 3.05) is 45.9 Å². The topological polar surface area (TPSA) is 125 Å². The van der Waals surface area contributed by atoms with Gasteiger partial charge in [0.1, 0.15) is 12.6 Å². The Labute approximate surface area is 293 Å². The molecule has 2 saturated heterocycles. The summed E-state index contributed by atoms with van der Waals surface area (Å²) >= 11 is 1.44. The third-order valence-electron chi connectivity index (χ3n) is 9.11. The lowest BCUT2D eigenvalue weighted by atomic mass is 9.95. The second kappa shape index (κ2) is 19.9. The molecule has 12 heteroatoms. The number of nitrogens with one attached hydrogen (secondary N) is 3. The lowest BCUT2D eigenvalue weighted by Crippen LogP contribution is -2.55. The van der Waals surface area contributed by atoms with Crippen LogP contribution < -0.4 is 16.0 Å². The van der Waals surface area contributed by atoms with E-state index in [4.69, 9.17) is 9.47 Å². The highest BCUT2D eigenvalue weighted by Gasteiger charge is 2.28. The molecule has 0 saturated carbocycles. The fourth-order valence-corrected chi connectivity index (χ4v) is 6.86. The predicted octanol–water partition coefficient (Wildman–Crippen LogP) is 4.77. The molecule has 2 aliphatic rings. The lowest BCUT2D eigenvalue weighted by Gasteiger charge is -2.32. The SMILES string of the molecule is O=C(N[C@H](CC[C@H](Cc1ccccc1)NC(=O)[C@H](CCN1CCOCC1)NC(=O)N1CCCCC1)Cc1ccccc1)OCc1cncs1. The third kappa shape index (κ3) is 12.8. The van der Waals surface area contributed by atoms with E-state index >= 15 is 0 Å².